The quantitative estimate of drug-likeness (QED) is 0.568. The zero-order valence-corrected chi connectivity index (χ0v) is 16.5. The molecule has 0 radical (unpaired) electrons. The lowest BCUT2D eigenvalue weighted by Gasteiger charge is -2.17. The predicted molar refractivity (Wildman–Crippen MR) is 107 cm³/mol. The summed E-state index contributed by atoms with van der Waals surface area (Å²) in [6.45, 7) is 0. The molecule has 2 aromatic carbocycles. The van der Waals surface area contributed by atoms with Crippen LogP contribution in [0.4, 0.5) is 0 Å². The first-order chi connectivity index (χ1) is 13.6. The van der Waals surface area contributed by atoms with Gasteiger partial charge in [-0.2, -0.15) is 5.10 Å². The molecular formula is C21H18BrN3O3. The molecule has 1 saturated carbocycles. The fraction of sp³-hybridized carbons (Fsp3) is 0.190. The van der Waals surface area contributed by atoms with E-state index in [1.165, 1.54) is 0 Å². The molecule has 1 amide bonds. The van der Waals surface area contributed by atoms with Crippen molar-refractivity contribution in [3.8, 4) is 11.3 Å². The van der Waals surface area contributed by atoms with Gasteiger partial charge < -0.3 is 10.1 Å². The van der Waals surface area contributed by atoms with Crippen LogP contribution in [0.2, 0.25) is 0 Å². The van der Waals surface area contributed by atoms with Crippen molar-refractivity contribution in [3.63, 3.8) is 0 Å². The van der Waals surface area contributed by atoms with Crippen molar-refractivity contribution in [1.29, 1.82) is 0 Å². The summed E-state index contributed by atoms with van der Waals surface area (Å²) >= 11 is 3.39. The molecule has 0 saturated heterocycles. The summed E-state index contributed by atoms with van der Waals surface area (Å²) < 4.78 is 6.51. The van der Waals surface area contributed by atoms with Gasteiger partial charge in [-0.1, -0.05) is 58.4 Å². The van der Waals surface area contributed by atoms with Gasteiger partial charge in [-0.3, -0.25) is 9.89 Å². The number of benzene rings is 2. The monoisotopic (exact) mass is 439 g/mol. The van der Waals surface area contributed by atoms with Crippen LogP contribution in [0.15, 0.2) is 65.1 Å². The summed E-state index contributed by atoms with van der Waals surface area (Å²) in [4.78, 5) is 25.3. The summed E-state index contributed by atoms with van der Waals surface area (Å²) in [5, 5.41) is 9.78. The van der Waals surface area contributed by atoms with Crippen LogP contribution in [0.3, 0.4) is 0 Å². The Balaban J connectivity index is 1.52. The number of nitrogens with one attached hydrogen (secondary N) is 2. The molecule has 4 rings (SSSR count). The third-order valence-corrected chi connectivity index (χ3v) is 4.96. The maximum Gasteiger partial charge on any atom is 0.357 e. The van der Waals surface area contributed by atoms with E-state index in [1.54, 1.807) is 18.2 Å². The van der Waals surface area contributed by atoms with Gasteiger partial charge in [-0.25, -0.2) is 4.79 Å². The van der Waals surface area contributed by atoms with Gasteiger partial charge in [0.15, 0.2) is 0 Å². The smallest absolute Gasteiger partial charge is 0.357 e. The van der Waals surface area contributed by atoms with Crippen LogP contribution >= 0.6 is 15.9 Å². The highest BCUT2D eigenvalue weighted by Crippen LogP contribution is 2.25. The lowest BCUT2D eigenvalue weighted by molar-refractivity contribution is -0.130. The van der Waals surface area contributed by atoms with Crippen LogP contribution in [-0.4, -0.2) is 28.1 Å². The minimum Gasteiger partial charge on any atom is -0.443 e. The number of halogens is 1. The maximum atomic E-state index is 12.7. The Bertz CT molecular complexity index is 982. The lowest BCUT2D eigenvalue weighted by Crippen LogP contribution is -2.33. The molecule has 0 aliphatic heterocycles. The van der Waals surface area contributed by atoms with Crippen molar-refractivity contribution in [2.24, 2.45) is 0 Å². The van der Waals surface area contributed by atoms with E-state index in [0.29, 0.717) is 11.3 Å². The number of aromatic amines is 1. The summed E-state index contributed by atoms with van der Waals surface area (Å²) in [6, 6.07) is 18.4. The Labute approximate surface area is 170 Å². The molecule has 142 valence electrons. The molecule has 1 atom stereocenters. The molecule has 1 fully saturated rings. The average molecular weight is 440 g/mol. The van der Waals surface area contributed by atoms with Gasteiger partial charge in [-0.05, 0) is 31.0 Å². The van der Waals surface area contributed by atoms with Crippen molar-refractivity contribution in [2.75, 3.05) is 0 Å². The zero-order chi connectivity index (χ0) is 19.5. The van der Waals surface area contributed by atoms with Gasteiger partial charge in [0.25, 0.3) is 5.91 Å². The first-order valence-corrected chi connectivity index (χ1v) is 9.77. The van der Waals surface area contributed by atoms with Crippen molar-refractivity contribution >= 4 is 27.8 Å². The molecule has 1 unspecified atom stereocenters. The normalized spacial score (nSPS) is 14.3. The van der Waals surface area contributed by atoms with Gasteiger partial charge in [0.1, 0.15) is 5.69 Å². The highest BCUT2D eigenvalue weighted by Gasteiger charge is 2.31. The van der Waals surface area contributed by atoms with Gasteiger partial charge >= 0.3 is 5.97 Å². The van der Waals surface area contributed by atoms with Crippen LogP contribution in [0.25, 0.3) is 11.3 Å². The van der Waals surface area contributed by atoms with Gasteiger partial charge in [0.2, 0.25) is 6.10 Å². The number of carbonyl (C=O) groups is 2. The van der Waals surface area contributed by atoms with E-state index in [-0.39, 0.29) is 17.6 Å². The van der Waals surface area contributed by atoms with E-state index >= 15 is 0 Å². The topological polar surface area (TPSA) is 84.1 Å². The van der Waals surface area contributed by atoms with E-state index in [1.807, 2.05) is 42.5 Å². The first kappa shape index (κ1) is 18.4. The van der Waals surface area contributed by atoms with Crippen LogP contribution < -0.4 is 5.32 Å². The maximum absolute atomic E-state index is 12.7. The highest BCUT2D eigenvalue weighted by atomic mass is 79.9. The summed E-state index contributed by atoms with van der Waals surface area (Å²) in [5.74, 6) is -0.939. The van der Waals surface area contributed by atoms with Gasteiger partial charge in [0.05, 0.1) is 5.69 Å². The van der Waals surface area contributed by atoms with Crippen LogP contribution in [0.1, 0.15) is 35.0 Å². The number of hydrogen-bond donors (Lipinski definition) is 2. The number of H-pyrrole nitrogens is 1. The molecule has 2 N–H and O–H groups in total. The molecule has 3 aromatic rings. The van der Waals surface area contributed by atoms with Crippen LogP contribution in [0.5, 0.6) is 0 Å². The van der Waals surface area contributed by atoms with Crippen LogP contribution in [-0.2, 0) is 9.53 Å². The van der Waals surface area contributed by atoms with E-state index in [0.717, 1.165) is 22.9 Å². The fourth-order valence-electron chi connectivity index (χ4n) is 2.77. The molecular weight excluding hydrogens is 422 g/mol. The van der Waals surface area contributed by atoms with E-state index < -0.39 is 12.1 Å². The number of ether oxygens (including phenoxy) is 1. The number of carbonyl (C=O) groups excluding carboxylic acids is 2. The molecule has 0 bridgehead atoms. The SMILES string of the molecule is O=C(OC(C(=O)NC1CC1)c1ccccc1)c1cc(-c2ccc(Br)cc2)n[nH]1. The Hall–Kier alpha value is -2.93. The second kappa shape index (κ2) is 7.98. The van der Waals surface area contributed by atoms with Gasteiger partial charge in [0, 0.05) is 21.6 Å². The molecule has 7 heteroatoms. The van der Waals surface area contributed by atoms with E-state index in [2.05, 4.69) is 31.4 Å². The standard InChI is InChI=1S/C21H18BrN3O3/c22-15-8-6-13(7-9-15)17-12-18(25-24-17)21(27)28-19(14-4-2-1-3-5-14)20(26)23-16-10-11-16/h1-9,12,16,19H,10-11H2,(H,23,26)(H,24,25). The second-order valence-electron chi connectivity index (χ2n) is 6.65. The highest BCUT2D eigenvalue weighted by molar-refractivity contribution is 9.10. The number of nitrogens with zero attached hydrogens (tertiary/aromatic N) is 1. The Morgan fingerprint density at radius 2 is 1.82 bits per heavy atom. The van der Waals surface area contributed by atoms with Crippen molar-refractivity contribution in [3.05, 3.63) is 76.4 Å². The number of hydrogen-bond acceptors (Lipinski definition) is 4. The van der Waals surface area contributed by atoms with E-state index in [4.69, 9.17) is 4.74 Å². The molecule has 6 nitrogen and oxygen atoms in total. The predicted octanol–water partition coefficient (Wildman–Crippen LogP) is 4.02. The minimum atomic E-state index is -1.01. The van der Waals surface area contributed by atoms with Crippen molar-refractivity contribution in [2.45, 2.75) is 25.0 Å². The Kier molecular flexibility index (Phi) is 5.25. The molecule has 1 aliphatic carbocycles. The molecule has 28 heavy (non-hydrogen) atoms. The van der Waals surface area contributed by atoms with Crippen molar-refractivity contribution < 1.29 is 14.3 Å². The number of aromatic nitrogens is 2. The third-order valence-electron chi connectivity index (χ3n) is 4.43. The largest absolute Gasteiger partial charge is 0.443 e. The Morgan fingerprint density at radius 1 is 1.11 bits per heavy atom. The molecule has 1 heterocycles. The van der Waals surface area contributed by atoms with E-state index in [9.17, 15) is 9.59 Å². The number of amides is 1. The second-order valence-corrected chi connectivity index (χ2v) is 7.57. The average Bonchev–Trinajstić information content (AvgIpc) is 3.38. The minimum absolute atomic E-state index is 0.175. The molecule has 1 aliphatic rings. The summed E-state index contributed by atoms with van der Waals surface area (Å²) in [6.07, 6.45) is 0.907. The zero-order valence-electron chi connectivity index (χ0n) is 14.9. The summed E-state index contributed by atoms with van der Waals surface area (Å²) in [7, 11) is 0. The molecule has 1 aromatic heterocycles. The van der Waals surface area contributed by atoms with Crippen LogP contribution in [0, 0.1) is 0 Å². The first-order valence-electron chi connectivity index (χ1n) is 8.98. The molecule has 0 spiro atoms. The Morgan fingerprint density at radius 3 is 2.50 bits per heavy atom. The fourth-order valence-corrected chi connectivity index (χ4v) is 3.03. The van der Waals surface area contributed by atoms with Gasteiger partial charge in [-0.15, -0.1) is 0 Å². The number of rotatable bonds is 6. The lowest BCUT2D eigenvalue weighted by atomic mass is 10.1. The third kappa shape index (κ3) is 4.31. The summed E-state index contributed by atoms with van der Waals surface area (Å²) in [5.41, 5.74) is 2.31. The number of esters is 1. The van der Waals surface area contributed by atoms with Crippen molar-refractivity contribution in [1.82, 2.24) is 15.5 Å².